The largest absolute Gasteiger partial charge is 1.00 e. The summed E-state index contributed by atoms with van der Waals surface area (Å²) in [5.41, 5.74) is 1.48. The first-order valence-corrected chi connectivity index (χ1v) is 4.78. The molecule has 74 valence electrons. The van der Waals surface area contributed by atoms with Gasteiger partial charge in [0.05, 0.1) is 0 Å². The SMILES string of the molecule is O=C(Nc1ccccc1)c1ccccc1.[K+]. The number of para-hydroxylation sites is 1. The molecular formula is C13H11KNO+. The smallest absolute Gasteiger partial charge is 0.322 e. The van der Waals surface area contributed by atoms with Gasteiger partial charge in [0.15, 0.2) is 0 Å². The van der Waals surface area contributed by atoms with Gasteiger partial charge in [0.1, 0.15) is 0 Å². The van der Waals surface area contributed by atoms with Crippen molar-refractivity contribution in [1.82, 2.24) is 0 Å². The summed E-state index contributed by atoms with van der Waals surface area (Å²) in [6.45, 7) is 0. The summed E-state index contributed by atoms with van der Waals surface area (Å²) in [5.74, 6) is -0.0817. The van der Waals surface area contributed by atoms with E-state index in [2.05, 4.69) is 5.32 Å². The van der Waals surface area contributed by atoms with Crippen molar-refractivity contribution in [3.05, 3.63) is 66.2 Å². The molecule has 16 heavy (non-hydrogen) atoms. The van der Waals surface area contributed by atoms with Gasteiger partial charge in [-0.2, -0.15) is 0 Å². The molecule has 0 bridgehead atoms. The Morgan fingerprint density at radius 1 is 0.812 bits per heavy atom. The topological polar surface area (TPSA) is 29.1 Å². The van der Waals surface area contributed by atoms with Crippen LogP contribution in [0.15, 0.2) is 60.7 Å². The van der Waals surface area contributed by atoms with Crippen LogP contribution in [-0.2, 0) is 0 Å². The summed E-state index contributed by atoms with van der Waals surface area (Å²) >= 11 is 0. The van der Waals surface area contributed by atoms with Gasteiger partial charge in [0, 0.05) is 11.3 Å². The molecule has 1 N–H and O–H groups in total. The Bertz CT molecular complexity index is 442. The molecule has 0 fully saturated rings. The average molecular weight is 236 g/mol. The van der Waals surface area contributed by atoms with Crippen LogP contribution in [0.25, 0.3) is 0 Å². The number of rotatable bonds is 2. The van der Waals surface area contributed by atoms with Gasteiger partial charge in [-0.15, -0.1) is 0 Å². The number of carbonyl (C=O) groups is 1. The van der Waals surface area contributed by atoms with E-state index in [1.165, 1.54) is 0 Å². The number of amides is 1. The Hall–Kier alpha value is -0.454. The van der Waals surface area contributed by atoms with Crippen molar-refractivity contribution < 1.29 is 56.2 Å². The van der Waals surface area contributed by atoms with Crippen molar-refractivity contribution in [2.45, 2.75) is 0 Å². The van der Waals surface area contributed by atoms with Crippen LogP contribution in [0.4, 0.5) is 5.69 Å². The summed E-state index contributed by atoms with van der Waals surface area (Å²) in [7, 11) is 0. The van der Waals surface area contributed by atoms with Crippen molar-refractivity contribution in [2.24, 2.45) is 0 Å². The molecule has 0 heterocycles. The average Bonchev–Trinajstić information content (AvgIpc) is 2.31. The molecule has 0 atom stereocenters. The van der Waals surface area contributed by atoms with Gasteiger partial charge in [-0.25, -0.2) is 0 Å². The molecule has 0 aromatic heterocycles. The molecule has 0 aliphatic heterocycles. The molecule has 0 unspecified atom stereocenters. The minimum Gasteiger partial charge on any atom is -0.322 e. The summed E-state index contributed by atoms with van der Waals surface area (Å²) < 4.78 is 0. The molecule has 2 rings (SSSR count). The van der Waals surface area contributed by atoms with Gasteiger partial charge in [0.2, 0.25) is 0 Å². The second kappa shape index (κ2) is 6.99. The van der Waals surface area contributed by atoms with Crippen molar-refractivity contribution >= 4 is 11.6 Å². The summed E-state index contributed by atoms with van der Waals surface area (Å²) in [5, 5.41) is 2.82. The number of hydrogen-bond acceptors (Lipinski definition) is 1. The summed E-state index contributed by atoms with van der Waals surface area (Å²) in [6, 6.07) is 18.6. The van der Waals surface area contributed by atoms with Crippen molar-refractivity contribution in [1.29, 1.82) is 0 Å². The Kier molecular flexibility index (Phi) is 5.94. The standard InChI is InChI=1S/C13H11NO.K/c15-13(11-7-3-1-4-8-11)14-12-9-5-2-6-10-12;/h1-10H,(H,14,15);/q;+1. The number of hydrogen-bond donors (Lipinski definition) is 1. The predicted octanol–water partition coefficient (Wildman–Crippen LogP) is -0.0571. The van der Waals surface area contributed by atoms with Crippen molar-refractivity contribution in [3.8, 4) is 0 Å². The van der Waals surface area contributed by atoms with Crippen LogP contribution in [0.1, 0.15) is 10.4 Å². The van der Waals surface area contributed by atoms with Crippen LogP contribution in [0, 0.1) is 0 Å². The molecule has 3 heteroatoms. The van der Waals surface area contributed by atoms with E-state index in [4.69, 9.17) is 0 Å². The van der Waals surface area contributed by atoms with Gasteiger partial charge >= 0.3 is 51.4 Å². The fourth-order valence-corrected chi connectivity index (χ4v) is 1.31. The molecule has 0 saturated heterocycles. The maximum Gasteiger partial charge on any atom is 1.00 e. The molecule has 0 radical (unpaired) electrons. The van der Waals surface area contributed by atoms with Gasteiger partial charge in [0.25, 0.3) is 5.91 Å². The van der Waals surface area contributed by atoms with E-state index >= 15 is 0 Å². The Labute approximate surface area is 137 Å². The summed E-state index contributed by atoms with van der Waals surface area (Å²) in [4.78, 5) is 11.7. The Morgan fingerprint density at radius 3 is 1.88 bits per heavy atom. The van der Waals surface area contributed by atoms with E-state index < -0.39 is 0 Å². The van der Waals surface area contributed by atoms with E-state index in [0.717, 1.165) is 5.69 Å². The molecular weight excluding hydrogens is 225 g/mol. The maximum absolute atomic E-state index is 11.7. The fourth-order valence-electron chi connectivity index (χ4n) is 1.31. The minimum atomic E-state index is -0.0817. The zero-order chi connectivity index (χ0) is 10.5. The van der Waals surface area contributed by atoms with Crippen LogP contribution in [0.2, 0.25) is 0 Å². The number of carbonyl (C=O) groups excluding carboxylic acids is 1. The molecule has 1 amide bonds. The fraction of sp³-hybridized carbons (Fsp3) is 0. The summed E-state index contributed by atoms with van der Waals surface area (Å²) in [6.07, 6.45) is 0. The second-order valence-corrected chi connectivity index (χ2v) is 3.19. The van der Waals surface area contributed by atoms with Gasteiger partial charge in [-0.3, -0.25) is 4.79 Å². The maximum atomic E-state index is 11.7. The zero-order valence-corrected chi connectivity index (χ0v) is 12.3. The van der Waals surface area contributed by atoms with Crippen LogP contribution in [0.5, 0.6) is 0 Å². The first-order valence-electron chi connectivity index (χ1n) is 4.78. The van der Waals surface area contributed by atoms with Gasteiger partial charge in [-0.1, -0.05) is 36.4 Å². The normalized spacial score (nSPS) is 9.00. The molecule has 0 aliphatic carbocycles. The quantitative estimate of drug-likeness (QED) is 0.727. The molecule has 0 spiro atoms. The first-order chi connectivity index (χ1) is 7.36. The van der Waals surface area contributed by atoms with Gasteiger partial charge in [-0.05, 0) is 24.3 Å². The zero-order valence-electron chi connectivity index (χ0n) is 9.18. The van der Waals surface area contributed by atoms with E-state index in [1.54, 1.807) is 12.1 Å². The second-order valence-electron chi connectivity index (χ2n) is 3.19. The van der Waals surface area contributed by atoms with E-state index in [-0.39, 0.29) is 57.3 Å². The van der Waals surface area contributed by atoms with Crippen LogP contribution in [-0.4, -0.2) is 5.91 Å². The molecule has 2 aromatic carbocycles. The molecule has 0 aliphatic rings. The van der Waals surface area contributed by atoms with E-state index in [1.807, 2.05) is 48.5 Å². The Balaban J connectivity index is 0.00000128. The van der Waals surface area contributed by atoms with Crippen LogP contribution in [0.3, 0.4) is 0 Å². The minimum absolute atomic E-state index is 0. The van der Waals surface area contributed by atoms with Crippen molar-refractivity contribution in [2.75, 3.05) is 5.32 Å². The van der Waals surface area contributed by atoms with E-state index in [9.17, 15) is 4.79 Å². The monoisotopic (exact) mass is 236 g/mol. The molecule has 0 saturated carbocycles. The number of benzene rings is 2. The predicted molar refractivity (Wildman–Crippen MR) is 60.8 cm³/mol. The van der Waals surface area contributed by atoms with Crippen LogP contribution >= 0.6 is 0 Å². The third-order valence-corrected chi connectivity index (χ3v) is 2.07. The van der Waals surface area contributed by atoms with Crippen molar-refractivity contribution in [3.63, 3.8) is 0 Å². The van der Waals surface area contributed by atoms with Crippen LogP contribution < -0.4 is 56.7 Å². The van der Waals surface area contributed by atoms with E-state index in [0.29, 0.717) is 5.56 Å². The van der Waals surface area contributed by atoms with Gasteiger partial charge < -0.3 is 5.32 Å². The third-order valence-electron chi connectivity index (χ3n) is 2.07. The number of nitrogens with one attached hydrogen (secondary N) is 1. The molecule has 2 nitrogen and oxygen atoms in total. The molecule has 2 aromatic rings. The Morgan fingerprint density at radius 2 is 1.31 bits per heavy atom. The number of anilines is 1. The third kappa shape index (κ3) is 3.85. The first kappa shape index (κ1) is 13.6.